The molecule has 396 valence electrons. The van der Waals surface area contributed by atoms with Gasteiger partial charge in [0.25, 0.3) is 0 Å². The van der Waals surface area contributed by atoms with Crippen LogP contribution in [0.25, 0.3) is 27.6 Å². The molecule has 4 bridgehead atoms. The maximum absolute atomic E-state index is 7.21. The highest BCUT2D eigenvalue weighted by Gasteiger charge is 2.47. The summed E-state index contributed by atoms with van der Waals surface area (Å²) in [5.41, 5.74) is 27.8. The molecule has 0 atom stereocenters. The first-order valence-electron chi connectivity index (χ1n) is 29.2. The van der Waals surface area contributed by atoms with Crippen molar-refractivity contribution in [3.63, 3.8) is 0 Å². The number of fused-ring (bicyclic) bond motifs is 4. The number of aromatic nitrogens is 2. The predicted octanol–water partition coefficient (Wildman–Crippen LogP) is 19.1. The molecule has 1 aliphatic heterocycles. The minimum absolute atomic E-state index is 0.0624. The molecule has 5 heteroatoms. The first-order chi connectivity index (χ1) is 39.1. The van der Waals surface area contributed by atoms with Crippen molar-refractivity contribution in [3.05, 3.63) is 284 Å². The maximum atomic E-state index is 7.21. The molecule has 3 heterocycles. The Bertz CT molecular complexity index is 4350. The lowest BCUT2D eigenvalue weighted by Gasteiger charge is -2.43. The molecule has 5 nitrogen and oxygen atoms in total. The van der Waals surface area contributed by atoms with Gasteiger partial charge in [0.15, 0.2) is 0 Å². The second kappa shape index (κ2) is 16.9. The van der Waals surface area contributed by atoms with Gasteiger partial charge in [0, 0.05) is 58.5 Å². The molecule has 0 spiro atoms. The van der Waals surface area contributed by atoms with Crippen LogP contribution in [0.1, 0.15) is 169 Å². The Balaban J connectivity index is 0.865. The second-order valence-corrected chi connectivity index (χ2v) is 26.6. The van der Waals surface area contributed by atoms with Crippen LogP contribution in [0.5, 0.6) is 11.5 Å². The van der Waals surface area contributed by atoms with Gasteiger partial charge in [-0.3, -0.25) is 4.57 Å². The molecular formula is C76H66N4O. The Labute approximate surface area is 476 Å². The molecular weight excluding hydrogens is 985 g/mol. The van der Waals surface area contributed by atoms with Gasteiger partial charge in [-0.2, -0.15) is 0 Å². The van der Waals surface area contributed by atoms with Crippen molar-refractivity contribution in [2.45, 2.75) is 102 Å². The van der Waals surface area contributed by atoms with E-state index < -0.39 is 0 Å². The van der Waals surface area contributed by atoms with Crippen molar-refractivity contribution in [2.75, 3.05) is 16.5 Å². The summed E-state index contributed by atoms with van der Waals surface area (Å²) in [6.45, 7) is 21.7. The van der Waals surface area contributed by atoms with E-state index in [1.807, 2.05) is 6.20 Å². The van der Waals surface area contributed by atoms with Crippen molar-refractivity contribution in [1.82, 2.24) is 9.55 Å². The fourth-order valence-electron chi connectivity index (χ4n) is 15.4. The van der Waals surface area contributed by atoms with Gasteiger partial charge >= 0.3 is 0 Å². The Morgan fingerprint density at radius 1 is 0.407 bits per heavy atom. The predicted molar refractivity (Wildman–Crippen MR) is 333 cm³/mol. The third-order valence-corrected chi connectivity index (χ3v) is 18.8. The Morgan fingerprint density at radius 2 is 0.926 bits per heavy atom. The second-order valence-electron chi connectivity index (χ2n) is 26.6. The van der Waals surface area contributed by atoms with Crippen molar-refractivity contribution < 1.29 is 4.74 Å². The third kappa shape index (κ3) is 6.94. The van der Waals surface area contributed by atoms with Gasteiger partial charge in [-0.1, -0.05) is 196 Å². The summed E-state index contributed by atoms with van der Waals surface area (Å²) in [6.07, 6.45) is 1.98. The number of nitrogens with zero attached hydrogens (tertiary/aromatic N) is 4. The molecule has 0 N–H and O–H groups in total. The SMILES string of the molecule is CC(C)(C)c1ccnc(-n2c3cc(Oc4cccc(N5CN(c6c(C(C)(C)C)cccc6C(C)(C)C)c6ccc7c(c65)C5c6ccccc6C7c6ccccc65)c4)ccc3c3c4c(ccc32)C2c3ccccc3C4c3ccccc32)c1. The van der Waals surface area contributed by atoms with Crippen LogP contribution < -0.4 is 14.5 Å². The molecule has 0 saturated carbocycles. The summed E-state index contributed by atoms with van der Waals surface area (Å²) in [6, 6.07) is 73.4. The molecule has 81 heavy (non-hydrogen) atoms. The number of hydrogen-bond donors (Lipinski definition) is 0. The van der Waals surface area contributed by atoms with E-state index in [-0.39, 0.29) is 39.9 Å². The number of benzene rings is 9. The lowest BCUT2D eigenvalue weighted by atomic mass is 9.60. The quantitative estimate of drug-likeness (QED) is 0.172. The molecule has 9 aromatic carbocycles. The number of para-hydroxylation sites is 1. The first-order valence-corrected chi connectivity index (χ1v) is 29.2. The van der Waals surface area contributed by atoms with Gasteiger partial charge in [-0.15, -0.1) is 0 Å². The molecule has 0 saturated heterocycles. The standard InChI is InChI=1S/C76H66N4O/c1-74(2,3)44-38-39-77-64(40-44)80-61-36-34-57-65-48-22-10-14-26-52(48)67(53-27-15-11-23-49(53)65)70(57)69(61)56-33-32-47(42-63(56)80)81-46-21-18-20-45(41-46)78-43-79(72-59(75(4,5)6)30-19-31-60(72)76(7,8)9)62-37-35-58-66-50-24-12-16-28-54(50)68(71(58)73(62)78)55-29-17-13-25-51(55)66/h10-42,65-68H,43H2,1-9H3. The van der Waals surface area contributed by atoms with Crippen LogP contribution in [0, 0.1) is 0 Å². The number of ether oxygens (including phenoxy) is 1. The highest BCUT2D eigenvalue weighted by molar-refractivity contribution is 6.13. The lowest BCUT2D eigenvalue weighted by Crippen LogP contribution is -2.30. The Hall–Kier alpha value is -8.67. The van der Waals surface area contributed by atoms with Crippen LogP contribution in [0.3, 0.4) is 0 Å². The molecule has 0 fully saturated rings. The van der Waals surface area contributed by atoms with Crippen LogP contribution >= 0.6 is 0 Å². The number of anilines is 4. The van der Waals surface area contributed by atoms with Crippen molar-refractivity contribution in [1.29, 1.82) is 0 Å². The molecule has 2 aromatic heterocycles. The van der Waals surface area contributed by atoms with E-state index in [0.29, 0.717) is 6.67 Å². The molecule has 11 aromatic rings. The highest BCUT2D eigenvalue weighted by atomic mass is 16.5. The number of hydrogen-bond acceptors (Lipinski definition) is 4. The zero-order valence-corrected chi connectivity index (χ0v) is 47.8. The van der Waals surface area contributed by atoms with Crippen LogP contribution in [0.15, 0.2) is 200 Å². The fraction of sp³-hybridized carbons (Fsp3) is 0.224. The smallest absolute Gasteiger partial charge is 0.137 e. The van der Waals surface area contributed by atoms with Gasteiger partial charge < -0.3 is 14.5 Å². The first kappa shape index (κ1) is 48.3. The number of rotatable bonds is 5. The minimum atomic E-state index is -0.100. The van der Waals surface area contributed by atoms with Gasteiger partial charge in [0.2, 0.25) is 0 Å². The molecule has 0 amide bonds. The molecule has 6 aliphatic carbocycles. The Morgan fingerprint density at radius 3 is 1.49 bits per heavy atom. The summed E-state index contributed by atoms with van der Waals surface area (Å²) >= 11 is 0. The average Bonchev–Trinajstić information content (AvgIpc) is 2.85. The molecule has 0 radical (unpaired) electrons. The zero-order valence-electron chi connectivity index (χ0n) is 47.8. The summed E-state index contributed by atoms with van der Waals surface area (Å²) in [7, 11) is 0. The van der Waals surface area contributed by atoms with Gasteiger partial charge in [0.05, 0.1) is 28.1 Å². The van der Waals surface area contributed by atoms with Crippen molar-refractivity contribution in [2.24, 2.45) is 0 Å². The molecule has 18 rings (SSSR count). The van der Waals surface area contributed by atoms with Gasteiger partial charge in [0.1, 0.15) is 24.0 Å². The van der Waals surface area contributed by atoms with Crippen molar-refractivity contribution in [3.8, 4) is 17.3 Å². The van der Waals surface area contributed by atoms with Gasteiger partial charge in [-0.25, -0.2) is 4.98 Å². The summed E-state index contributed by atoms with van der Waals surface area (Å²) < 4.78 is 9.61. The van der Waals surface area contributed by atoms with E-state index in [9.17, 15) is 0 Å². The average molecular weight is 1050 g/mol. The van der Waals surface area contributed by atoms with E-state index in [0.717, 1.165) is 34.0 Å². The summed E-state index contributed by atoms with van der Waals surface area (Å²) in [5, 5.41) is 2.50. The minimum Gasteiger partial charge on any atom is -0.457 e. The zero-order chi connectivity index (χ0) is 55.0. The molecule has 0 unspecified atom stereocenters. The summed E-state index contributed by atoms with van der Waals surface area (Å²) in [4.78, 5) is 10.4. The molecule has 7 aliphatic rings. The number of pyridine rings is 1. The van der Waals surface area contributed by atoms with E-state index >= 15 is 0 Å². The normalized spacial score (nSPS) is 18.1. The van der Waals surface area contributed by atoms with Gasteiger partial charge in [-0.05, 0) is 148 Å². The topological polar surface area (TPSA) is 33.5 Å². The largest absolute Gasteiger partial charge is 0.457 e. The van der Waals surface area contributed by atoms with E-state index in [1.165, 1.54) is 111 Å². The third-order valence-electron chi connectivity index (χ3n) is 18.8. The van der Waals surface area contributed by atoms with Crippen LogP contribution in [-0.2, 0) is 16.2 Å². The highest BCUT2D eigenvalue weighted by Crippen LogP contribution is 2.63. The lowest BCUT2D eigenvalue weighted by molar-refractivity contribution is 0.483. The van der Waals surface area contributed by atoms with Crippen LogP contribution in [0.2, 0.25) is 0 Å². The maximum Gasteiger partial charge on any atom is 0.137 e. The van der Waals surface area contributed by atoms with Crippen LogP contribution in [0.4, 0.5) is 22.7 Å². The van der Waals surface area contributed by atoms with E-state index in [1.54, 1.807) is 0 Å². The Kier molecular flexibility index (Phi) is 10.1. The van der Waals surface area contributed by atoms with E-state index in [2.05, 4.69) is 271 Å². The van der Waals surface area contributed by atoms with E-state index in [4.69, 9.17) is 9.72 Å². The monoisotopic (exact) mass is 1050 g/mol. The van der Waals surface area contributed by atoms with Crippen LogP contribution in [-0.4, -0.2) is 16.2 Å². The van der Waals surface area contributed by atoms with Crippen molar-refractivity contribution >= 4 is 44.6 Å². The summed E-state index contributed by atoms with van der Waals surface area (Å²) in [5.74, 6) is 3.02. The fourth-order valence-corrected chi connectivity index (χ4v) is 15.4.